The molecule has 1 N–H and O–H groups in total. The maximum absolute atomic E-state index is 11.3. The van der Waals surface area contributed by atoms with Crippen molar-refractivity contribution in [2.24, 2.45) is 0 Å². The second-order valence-corrected chi connectivity index (χ2v) is 9.55. The van der Waals surface area contributed by atoms with Crippen LogP contribution in [0.3, 0.4) is 0 Å². The molecule has 0 radical (unpaired) electrons. The standard InChI is InChI=1S/C25H29N5O4S/c1-15-27-25-30(28-15)24(31)23(35-25)21(17-12-19(32-2)22(34-4)20(13-17)33-3)29-11-6-5-9-18(29)16-8-7-10-26-14-16/h7-8,10,12-14,18,21,31H,5-6,9,11H2,1-4H3. The fourth-order valence-corrected chi connectivity index (χ4v) is 6.12. The Kier molecular flexibility index (Phi) is 6.48. The van der Waals surface area contributed by atoms with Gasteiger partial charge in [-0.15, -0.1) is 5.10 Å². The normalized spacial score (nSPS) is 17.4. The van der Waals surface area contributed by atoms with Gasteiger partial charge in [0.2, 0.25) is 16.6 Å². The number of pyridine rings is 1. The lowest BCUT2D eigenvalue weighted by molar-refractivity contribution is 0.112. The van der Waals surface area contributed by atoms with Crippen LogP contribution in [0.1, 0.15) is 53.2 Å². The number of hydrogen-bond donors (Lipinski definition) is 1. The third-order valence-electron chi connectivity index (χ3n) is 6.50. The molecule has 4 aromatic rings. The molecule has 2 atom stereocenters. The summed E-state index contributed by atoms with van der Waals surface area (Å²) >= 11 is 1.44. The van der Waals surface area contributed by atoms with Crippen LogP contribution >= 0.6 is 11.3 Å². The lowest BCUT2D eigenvalue weighted by Crippen LogP contribution is -2.37. The van der Waals surface area contributed by atoms with Gasteiger partial charge in [-0.25, -0.2) is 4.98 Å². The number of hydrogen-bond acceptors (Lipinski definition) is 9. The second-order valence-electron chi connectivity index (χ2n) is 8.54. The van der Waals surface area contributed by atoms with Crippen LogP contribution in [-0.2, 0) is 0 Å². The van der Waals surface area contributed by atoms with Crippen molar-refractivity contribution in [3.8, 4) is 23.1 Å². The van der Waals surface area contributed by atoms with Crippen LogP contribution in [0.5, 0.6) is 23.1 Å². The molecule has 5 rings (SSSR count). The Labute approximate surface area is 207 Å². The number of methoxy groups -OCH3 is 3. The van der Waals surface area contributed by atoms with Gasteiger partial charge in [0.05, 0.1) is 32.2 Å². The molecular formula is C25H29N5O4S. The zero-order valence-electron chi connectivity index (χ0n) is 20.3. The number of thiazole rings is 1. The SMILES string of the molecule is COc1cc(C(c2sc3nc(C)nn3c2O)N2CCCCC2c2cccnc2)cc(OC)c1OC. The van der Waals surface area contributed by atoms with Crippen molar-refractivity contribution in [1.82, 2.24) is 24.5 Å². The van der Waals surface area contributed by atoms with Crippen LogP contribution in [0.15, 0.2) is 36.7 Å². The second kappa shape index (κ2) is 9.71. The number of rotatable bonds is 7. The van der Waals surface area contributed by atoms with E-state index in [2.05, 4.69) is 26.0 Å². The minimum absolute atomic E-state index is 0.0971. The fraction of sp³-hybridized carbons (Fsp3) is 0.400. The topological polar surface area (TPSA) is 94.2 Å². The van der Waals surface area contributed by atoms with E-state index in [-0.39, 0.29) is 18.0 Å². The maximum Gasteiger partial charge on any atom is 0.230 e. The summed E-state index contributed by atoms with van der Waals surface area (Å²) in [5.74, 6) is 2.38. The van der Waals surface area contributed by atoms with Gasteiger partial charge in [0.1, 0.15) is 5.82 Å². The Morgan fingerprint density at radius 1 is 1.11 bits per heavy atom. The van der Waals surface area contributed by atoms with Gasteiger partial charge in [-0.3, -0.25) is 9.88 Å². The van der Waals surface area contributed by atoms with Crippen LogP contribution in [0, 0.1) is 6.92 Å². The third-order valence-corrected chi connectivity index (χ3v) is 7.57. The average molecular weight is 496 g/mol. The predicted octanol–water partition coefficient (Wildman–Crippen LogP) is 4.54. The number of fused-ring (bicyclic) bond motifs is 1. The molecule has 184 valence electrons. The van der Waals surface area contributed by atoms with Gasteiger partial charge in [0, 0.05) is 18.4 Å². The Morgan fingerprint density at radius 2 is 1.89 bits per heavy atom. The number of benzene rings is 1. The molecule has 3 aromatic heterocycles. The van der Waals surface area contributed by atoms with E-state index in [1.165, 1.54) is 15.9 Å². The molecule has 0 spiro atoms. The van der Waals surface area contributed by atoms with Gasteiger partial charge in [-0.1, -0.05) is 23.8 Å². The van der Waals surface area contributed by atoms with Gasteiger partial charge in [0.15, 0.2) is 11.5 Å². The van der Waals surface area contributed by atoms with Crippen LogP contribution in [0.2, 0.25) is 0 Å². The molecular weight excluding hydrogens is 466 g/mol. The quantitative estimate of drug-likeness (QED) is 0.399. The third kappa shape index (κ3) is 4.17. The highest BCUT2D eigenvalue weighted by Gasteiger charge is 2.36. The smallest absolute Gasteiger partial charge is 0.230 e. The number of likely N-dealkylation sites (tertiary alicyclic amines) is 1. The highest BCUT2D eigenvalue weighted by Crippen LogP contribution is 2.49. The highest BCUT2D eigenvalue weighted by atomic mass is 32.1. The molecule has 1 aliphatic heterocycles. The van der Waals surface area contributed by atoms with E-state index in [9.17, 15) is 5.11 Å². The van der Waals surface area contributed by atoms with Crippen LogP contribution in [0.25, 0.3) is 4.96 Å². The predicted molar refractivity (Wildman–Crippen MR) is 133 cm³/mol. The van der Waals surface area contributed by atoms with Gasteiger partial charge >= 0.3 is 0 Å². The molecule has 2 unspecified atom stereocenters. The largest absolute Gasteiger partial charge is 0.493 e. The van der Waals surface area contributed by atoms with E-state index < -0.39 is 0 Å². The Balaban J connectivity index is 1.72. The summed E-state index contributed by atoms with van der Waals surface area (Å²) in [7, 11) is 4.81. The molecule has 1 aliphatic rings. The number of aromatic hydroxyl groups is 1. The summed E-state index contributed by atoms with van der Waals surface area (Å²) < 4.78 is 18.4. The first-order chi connectivity index (χ1) is 17.0. The average Bonchev–Trinajstić information content (AvgIpc) is 3.40. The number of piperidine rings is 1. The minimum atomic E-state index is -0.289. The van der Waals surface area contributed by atoms with Gasteiger partial charge < -0.3 is 19.3 Å². The van der Waals surface area contributed by atoms with Crippen molar-refractivity contribution < 1.29 is 19.3 Å². The highest BCUT2D eigenvalue weighted by molar-refractivity contribution is 7.17. The van der Waals surface area contributed by atoms with Crippen molar-refractivity contribution in [3.05, 3.63) is 58.5 Å². The van der Waals surface area contributed by atoms with E-state index >= 15 is 0 Å². The molecule has 0 saturated carbocycles. The van der Waals surface area contributed by atoms with Crippen molar-refractivity contribution in [2.45, 2.75) is 38.3 Å². The molecule has 0 bridgehead atoms. The van der Waals surface area contributed by atoms with Gasteiger partial charge in [-0.2, -0.15) is 4.52 Å². The Hall–Kier alpha value is -3.37. The van der Waals surface area contributed by atoms with Crippen molar-refractivity contribution >= 4 is 16.3 Å². The fourth-order valence-electron chi connectivity index (χ4n) is 4.97. The number of ether oxygens (including phenoxy) is 3. The zero-order chi connectivity index (χ0) is 24.5. The number of aromatic nitrogens is 4. The lowest BCUT2D eigenvalue weighted by atomic mass is 9.91. The molecule has 1 fully saturated rings. The molecule has 0 amide bonds. The minimum Gasteiger partial charge on any atom is -0.493 e. The van der Waals surface area contributed by atoms with Crippen LogP contribution in [0.4, 0.5) is 0 Å². The molecule has 4 heterocycles. The lowest BCUT2D eigenvalue weighted by Gasteiger charge is -2.41. The van der Waals surface area contributed by atoms with E-state index in [4.69, 9.17) is 14.2 Å². The first-order valence-corrected chi connectivity index (χ1v) is 12.4. The van der Waals surface area contributed by atoms with E-state index in [1.807, 2.05) is 31.3 Å². The molecule has 35 heavy (non-hydrogen) atoms. The summed E-state index contributed by atoms with van der Waals surface area (Å²) in [6.07, 6.45) is 6.90. The first kappa shape index (κ1) is 23.4. The van der Waals surface area contributed by atoms with Crippen LogP contribution < -0.4 is 14.2 Å². The van der Waals surface area contributed by atoms with E-state index in [1.54, 1.807) is 27.5 Å². The van der Waals surface area contributed by atoms with E-state index in [0.717, 1.165) is 41.8 Å². The molecule has 1 aromatic carbocycles. The van der Waals surface area contributed by atoms with Crippen LogP contribution in [-0.4, -0.2) is 57.5 Å². The van der Waals surface area contributed by atoms with Gasteiger partial charge in [0.25, 0.3) is 0 Å². The van der Waals surface area contributed by atoms with Gasteiger partial charge in [-0.05, 0) is 55.6 Å². The molecule has 1 saturated heterocycles. The summed E-state index contributed by atoms with van der Waals surface area (Å²) in [6.45, 7) is 2.67. The first-order valence-electron chi connectivity index (χ1n) is 11.6. The van der Waals surface area contributed by atoms with Crippen molar-refractivity contribution in [3.63, 3.8) is 0 Å². The summed E-state index contributed by atoms with van der Waals surface area (Å²) in [4.78, 5) is 12.7. The molecule has 9 nitrogen and oxygen atoms in total. The molecule has 0 aliphatic carbocycles. The molecule has 10 heteroatoms. The summed E-state index contributed by atoms with van der Waals surface area (Å²) in [6, 6.07) is 7.85. The monoisotopic (exact) mass is 495 g/mol. The Morgan fingerprint density at radius 3 is 2.51 bits per heavy atom. The van der Waals surface area contributed by atoms with Crippen molar-refractivity contribution in [2.75, 3.05) is 27.9 Å². The Bertz CT molecular complexity index is 1300. The maximum atomic E-state index is 11.3. The number of nitrogens with zero attached hydrogens (tertiary/aromatic N) is 5. The zero-order valence-corrected chi connectivity index (χ0v) is 21.1. The number of aryl methyl sites for hydroxylation is 1. The van der Waals surface area contributed by atoms with Crippen molar-refractivity contribution in [1.29, 1.82) is 0 Å². The summed E-state index contributed by atoms with van der Waals surface area (Å²) in [5.41, 5.74) is 2.08. The summed E-state index contributed by atoms with van der Waals surface area (Å²) in [5, 5.41) is 15.7. The van der Waals surface area contributed by atoms with E-state index in [0.29, 0.717) is 28.0 Å².